The lowest BCUT2D eigenvalue weighted by Gasteiger charge is -2.48. The van der Waals surface area contributed by atoms with E-state index in [1.165, 1.54) is 102 Å². The van der Waals surface area contributed by atoms with Gasteiger partial charge in [-0.3, -0.25) is 0 Å². The molecule has 1 aromatic rings. The van der Waals surface area contributed by atoms with E-state index in [9.17, 15) is 0 Å². The summed E-state index contributed by atoms with van der Waals surface area (Å²) in [5, 5.41) is 0. The lowest BCUT2D eigenvalue weighted by molar-refractivity contribution is 0.120. The van der Waals surface area contributed by atoms with Crippen molar-refractivity contribution in [1.29, 1.82) is 0 Å². The fraction of sp³-hybridized carbons (Fsp3) is 0.769. The van der Waals surface area contributed by atoms with E-state index in [-0.39, 0.29) is 0 Å². The Labute approximate surface area is 163 Å². The first-order valence-corrected chi connectivity index (χ1v) is 11.9. The molecule has 2 saturated carbocycles. The van der Waals surface area contributed by atoms with Gasteiger partial charge in [-0.15, -0.1) is 0 Å². The van der Waals surface area contributed by atoms with Crippen LogP contribution in [0.4, 0.5) is 0 Å². The van der Waals surface area contributed by atoms with E-state index in [2.05, 4.69) is 38.1 Å². The van der Waals surface area contributed by atoms with Crippen LogP contribution in [0, 0.1) is 11.8 Å². The third-order valence-electron chi connectivity index (χ3n) is 7.67. The Hall–Kier alpha value is -0.780. The van der Waals surface area contributed by atoms with Crippen LogP contribution in [0.25, 0.3) is 0 Å². The largest absolute Gasteiger partial charge is 0.0654 e. The molecule has 2 fully saturated rings. The van der Waals surface area contributed by atoms with E-state index in [0.717, 1.165) is 11.8 Å². The van der Waals surface area contributed by atoms with Gasteiger partial charge in [0.1, 0.15) is 0 Å². The quantitative estimate of drug-likeness (QED) is 0.412. The van der Waals surface area contributed by atoms with Crippen molar-refractivity contribution < 1.29 is 0 Å². The molecule has 0 radical (unpaired) electrons. The Morgan fingerprint density at radius 1 is 0.808 bits per heavy atom. The van der Waals surface area contributed by atoms with Gasteiger partial charge in [-0.2, -0.15) is 0 Å². The van der Waals surface area contributed by atoms with Crippen LogP contribution in [0.2, 0.25) is 0 Å². The molecular formula is C26H42. The molecule has 0 N–H and O–H groups in total. The molecule has 0 atom stereocenters. The molecule has 0 spiro atoms. The number of hydrogen-bond donors (Lipinski definition) is 0. The van der Waals surface area contributed by atoms with Crippen molar-refractivity contribution in [3.05, 3.63) is 35.4 Å². The second-order valence-corrected chi connectivity index (χ2v) is 9.38. The number of benzene rings is 1. The summed E-state index contributed by atoms with van der Waals surface area (Å²) in [6.07, 6.45) is 21.5. The maximum Gasteiger partial charge on any atom is -0.00185 e. The molecule has 0 heteroatoms. The van der Waals surface area contributed by atoms with Crippen LogP contribution < -0.4 is 0 Å². The minimum atomic E-state index is 0.506. The van der Waals surface area contributed by atoms with Crippen molar-refractivity contribution in [3.63, 3.8) is 0 Å². The van der Waals surface area contributed by atoms with Crippen LogP contribution in [-0.4, -0.2) is 0 Å². The lowest BCUT2D eigenvalue weighted by atomic mass is 9.57. The van der Waals surface area contributed by atoms with E-state index in [4.69, 9.17) is 0 Å². The molecule has 0 aromatic heterocycles. The second-order valence-electron chi connectivity index (χ2n) is 9.38. The lowest BCUT2D eigenvalue weighted by Crippen LogP contribution is -2.40. The van der Waals surface area contributed by atoms with Crippen molar-refractivity contribution in [2.75, 3.05) is 0 Å². The first-order valence-electron chi connectivity index (χ1n) is 11.9. The van der Waals surface area contributed by atoms with Gasteiger partial charge in [0.15, 0.2) is 0 Å². The molecule has 0 nitrogen and oxygen atoms in total. The average molecular weight is 355 g/mol. The third-order valence-corrected chi connectivity index (χ3v) is 7.67. The van der Waals surface area contributed by atoms with Crippen LogP contribution >= 0.6 is 0 Å². The summed E-state index contributed by atoms with van der Waals surface area (Å²) in [5.74, 6) is 1.96. The smallest absolute Gasteiger partial charge is 0.00185 e. The van der Waals surface area contributed by atoms with E-state index in [1.807, 2.05) is 0 Å². The number of hydrogen-bond acceptors (Lipinski definition) is 0. The fourth-order valence-electron chi connectivity index (χ4n) is 6.04. The summed E-state index contributed by atoms with van der Waals surface area (Å²) in [6.45, 7) is 4.62. The van der Waals surface area contributed by atoms with Crippen LogP contribution in [0.1, 0.15) is 115 Å². The molecule has 0 heterocycles. The van der Waals surface area contributed by atoms with Crippen molar-refractivity contribution in [1.82, 2.24) is 0 Å². The highest BCUT2D eigenvalue weighted by atomic mass is 14.5. The molecule has 0 aliphatic heterocycles. The zero-order valence-corrected chi connectivity index (χ0v) is 17.6. The Morgan fingerprint density at radius 2 is 1.50 bits per heavy atom. The predicted molar refractivity (Wildman–Crippen MR) is 115 cm³/mol. The van der Waals surface area contributed by atoms with Gasteiger partial charge in [0.05, 0.1) is 0 Å². The average Bonchev–Trinajstić information content (AvgIpc) is 2.70. The maximum atomic E-state index is 2.52. The van der Waals surface area contributed by atoms with Crippen molar-refractivity contribution in [2.45, 2.75) is 116 Å². The number of unbranched alkanes of at least 4 members (excludes halogenated alkanes) is 2. The van der Waals surface area contributed by atoms with Gasteiger partial charge in [-0.25, -0.2) is 0 Å². The monoisotopic (exact) mass is 354 g/mol. The molecule has 2 aliphatic rings. The second kappa shape index (κ2) is 9.95. The van der Waals surface area contributed by atoms with Gasteiger partial charge in [0.2, 0.25) is 0 Å². The molecule has 146 valence electrons. The fourth-order valence-corrected chi connectivity index (χ4v) is 6.04. The molecule has 26 heavy (non-hydrogen) atoms. The van der Waals surface area contributed by atoms with Gasteiger partial charge in [0.25, 0.3) is 0 Å². The zero-order valence-electron chi connectivity index (χ0n) is 17.6. The topological polar surface area (TPSA) is 0 Å². The number of rotatable bonds is 8. The summed E-state index contributed by atoms with van der Waals surface area (Å²) >= 11 is 0. The molecular weight excluding hydrogens is 312 g/mol. The Bertz CT molecular complexity index is 497. The first kappa shape index (κ1) is 20.0. The molecule has 2 aliphatic carbocycles. The van der Waals surface area contributed by atoms with Crippen molar-refractivity contribution in [3.8, 4) is 0 Å². The van der Waals surface area contributed by atoms with Gasteiger partial charge >= 0.3 is 0 Å². The normalized spacial score (nSPS) is 27.5. The summed E-state index contributed by atoms with van der Waals surface area (Å²) < 4.78 is 0. The predicted octanol–water partition coefficient (Wildman–Crippen LogP) is 8.23. The minimum absolute atomic E-state index is 0.506. The highest BCUT2D eigenvalue weighted by molar-refractivity contribution is 5.31. The van der Waals surface area contributed by atoms with E-state index < -0.39 is 0 Å². The van der Waals surface area contributed by atoms with E-state index >= 15 is 0 Å². The maximum absolute atomic E-state index is 2.52. The molecule has 0 saturated heterocycles. The Morgan fingerprint density at radius 3 is 2.12 bits per heavy atom. The molecule has 0 amide bonds. The highest BCUT2D eigenvalue weighted by Crippen LogP contribution is 2.51. The molecule has 1 aromatic carbocycles. The molecule has 0 unspecified atom stereocenters. The third kappa shape index (κ3) is 4.73. The Kier molecular flexibility index (Phi) is 7.64. The van der Waals surface area contributed by atoms with Gasteiger partial charge in [-0.1, -0.05) is 89.5 Å². The summed E-state index contributed by atoms with van der Waals surface area (Å²) in [7, 11) is 0. The first-order chi connectivity index (χ1) is 12.8. The molecule has 3 rings (SSSR count). The van der Waals surface area contributed by atoms with Crippen LogP contribution in [0.3, 0.4) is 0 Å². The highest BCUT2D eigenvalue weighted by Gasteiger charge is 2.43. The van der Waals surface area contributed by atoms with E-state index in [0.29, 0.717) is 5.41 Å². The van der Waals surface area contributed by atoms with Crippen molar-refractivity contribution >= 4 is 0 Å². The Balaban J connectivity index is 1.73. The number of aryl methyl sites for hydroxylation is 1. The van der Waals surface area contributed by atoms with Crippen LogP contribution in [-0.2, 0) is 11.8 Å². The van der Waals surface area contributed by atoms with Gasteiger partial charge in [-0.05, 0) is 73.3 Å². The van der Waals surface area contributed by atoms with Crippen molar-refractivity contribution in [2.24, 2.45) is 11.8 Å². The van der Waals surface area contributed by atoms with Gasteiger partial charge in [0, 0.05) is 0 Å². The summed E-state index contributed by atoms with van der Waals surface area (Å²) in [4.78, 5) is 0. The SMILES string of the molecule is CCCCC[C@H]1CC[C@](c2ccc(CCC)cc2)(C2CCCCC2)CC1. The van der Waals surface area contributed by atoms with Crippen LogP contribution in [0.5, 0.6) is 0 Å². The molecule has 0 bridgehead atoms. The summed E-state index contributed by atoms with van der Waals surface area (Å²) in [6, 6.07) is 9.93. The standard InChI is InChI=1S/C26H42/c1-3-5-7-11-23-18-20-26(21-19-23,24-12-8-6-9-13-24)25-16-14-22(10-4-2)15-17-25/h14-17,23-24H,3-13,18-21H2,1-2H3/t23-,26+. The van der Waals surface area contributed by atoms with Gasteiger partial charge < -0.3 is 0 Å². The summed E-state index contributed by atoms with van der Waals surface area (Å²) in [5.41, 5.74) is 3.73. The van der Waals surface area contributed by atoms with Crippen LogP contribution in [0.15, 0.2) is 24.3 Å². The minimum Gasteiger partial charge on any atom is -0.0654 e. The van der Waals surface area contributed by atoms with E-state index in [1.54, 1.807) is 5.56 Å². The zero-order chi connectivity index (χ0) is 18.2.